The van der Waals surface area contributed by atoms with Gasteiger partial charge >= 0.3 is 0 Å². The number of nitrogens with zero attached hydrogens (tertiary/aromatic N) is 5. The highest BCUT2D eigenvalue weighted by Gasteiger charge is 2.54. The van der Waals surface area contributed by atoms with Gasteiger partial charge in [0.1, 0.15) is 24.4 Å². The Morgan fingerprint density at radius 2 is 1.64 bits per heavy atom. The van der Waals surface area contributed by atoms with E-state index in [-0.39, 0.29) is 16.8 Å². The normalized spacial score (nSPS) is 21.0. The lowest BCUT2D eigenvalue weighted by Gasteiger charge is -2.43. The van der Waals surface area contributed by atoms with Crippen molar-refractivity contribution in [1.82, 2.24) is 25.0 Å². The zero-order valence-corrected chi connectivity index (χ0v) is 28.5. The number of hydrogen-bond donors (Lipinski definition) is 1. The van der Waals surface area contributed by atoms with Gasteiger partial charge in [0, 0.05) is 20.0 Å². The zero-order valence-electron chi connectivity index (χ0n) is 25.9. The predicted octanol–water partition coefficient (Wildman–Crippen LogP) is 4.24. The second-order valence-corrected chi connectivity index (χ2v) is 17.5. The minimum atomic E-state index is -2.93. The third-order valence-corrected chi connectivity index (χ3v) is 14.3. The number of aliphatic hydroxyl groups is 1. The number of aliphatic hydroxyl groups excluding tert-OH is 1. The molecule has 1 saturated heterocycles. The van der Waals surface area contributed by atoms with Gasteiger partial charge in [0.05, 0.1) is 6.61 Å². The lowest BCUT2D eigenvalue weighted by Crippen LogP contribution is -2.67. The summed E-state index contributed by atoms with van der Waals surface area (Å²) in [5.74, 6) is 0.832. The van der Waals surface area contributed by atoms with Crippen molar-refractivity contribution < 1.29 is 23.7 Å². The van der Waals surface area contributed by atoms with E-state index >= 15 is 0 Å². The fourth-order valence-corrected chi connectivity index (χ4v) is 11.5. The van der Waals surface area contributed by atoms with Gasteiger partial charge in [-0.05, 0) is 21.8 Å². The molecule has 3 heterocycles. The molecule has 4 atom stereocenters. The summed E-state index contributed by atoms with van der Waals surface area (Å²) < 4.78 is 26.4. The Morgan fingerprint density at radius 1 is 1.02 bits per heavy atom. The highest BCUT2D eigenvalue weighted by atomic mass is 35.5. The fourth-order valence-electron chi connectivity index (χ4n) is 6.01. The lowest BCUT2D eigenvalue weighted by molar-refractivity contribution is -0.193. The molecule has 4 aromatic rings. The number of benzene rings is 2. The number of aromatic nitrogens is 5. The molecular weight excluding hydrogens is 618 g/mol. The summed E-state index contributed by atoms with van der Waals surface area (Å²) in [4.78, 5) is 9.14. The lowest BCUT2D eigenvalue weighted by atomic mass is 10.0. The van der Waals surface area contributed by atoms with Crippen LogP contribution in [0.2, 0.25) is 10.2 Å². The second-order valence-electron chi connectivity index (χ2n) is 11.8. The van der Waals surface area contributed by atoms with Gasteiger partial charge in [0.25, 0.3) is 8.32 Å². The molecule has 0 unspecified atom stereocenters. The van der Waals surface area contributed by atoms with Crippen molar-refractivity contribution >= 4 is 53.2 Å². The molecule has 13 heteroatoms. The molecule has 0 spiro atoms. The van der Waals surface area contributed by atoms with Crippen molar-refractivity contribution in [3.8, 4) is 0 Å². The van der Waals surface area contributed by atoms with E-state index in [1.165, 1.54) is 26.0 Å². The van der Waals surface area contributed by atoms with Gasteiger partial charge in [0.2, 0.25) is 0 Å². The fraction of sp³-hybridized carbons (Fsp3) is 0.484. The quantitative estimate of drug-likeness (QED) is 0.0780. The Balaban J connectivity index is 1.60. The molecule has 44 heavy (non-hydrogen) atoms. The molecule has 0 bridgehead atoms. The van der Waals surface area contributed by atoms with E-state index in [1.807, 2.05) is 36.4 Å². The third kappa shape index (κ3) is 6.19. The van der Waals surface area contributed by atoms with Crippen LogP contribution in [0.1, 0.15) is 40.2 Å². The molecule has 0 radical (unpaired) electrons. The summed E-state index contributed by atoms with van der Waals surface area (Å²) in [6, 6.07) is 20.0. The van der Waals surface area contributed by atoms with Crippen molar-refractivity contribution in [3.63, 3.8) is 0 Å². The first kappa shape index (κ1) is 33.0. The second kappa shape index (κ2) is 13.9. The van der Waals surface area contributed by atoms with Gasteiger partial charge in [-0.15, -0.1) is 5.10 Å². The van der Waals surface area contributed by atoms with Crippen LogP contribution in [0.25, 0.3) is 11.2 Å². The highest BCUT2D eigenvalue weighted by molar-refractivity contribution is 7.99. The third-order valence-electron chi connectivity index (χ3n) is 7.99. The molecule has 1 N–H and O–H groups in total. The van der Waals surface area contributed by atoms with Crippen molar-refractivity contribution in [3.05, 3.63) is 65.8 Å². The zero-order chi connectivity index (χ0) is 31.5. The number of rotatable bonds is 12. The van der Waals surface area contributed by atoms with Crippen LogP contribution >= 0.6 is 23.4 Å². The van der Waals surface area contributed by atoms with E-state index in [0.717, 1.165) is 22.5 Å². The molecule has 1 fully saturated rings. The molecule has 10 nitrogen and oxygen atoms in total. The van der Waals surface area contributed by atoms with Crippen molar-refractivity contribution in [2.75, 3.05) is 26.6 Å². The average molecular weight is 658 g/mol. The van der Waals surface area contributed by atoms with Crippen LogP contribution in [0.4, 0.5) is 0 Å². The summed E-state index contributed by atoms with van der Waals surface area (Å²) in [6.45, 7) is 8.90. The van der Waals surface area contributed by atoms with Crippen molar-refractivity contribution in [2.24, 2.45) is 0 Å². The largest absolute Gasteiger partial charge is 0.405 e. The van der Waals surface area contributed by atoms with E-state index in [4.69, 9.17) is 35.2 Å². The standard InChI is InChI=1S/C31H40ClN5O5SSi/c1-7-18-43-30-33-27(32)23-28(34-30)37(36-35-23)24-22(42-26(25(24)38)29(39-5)40-6)19-41-44(31(2,3)4,20-14-10-8-11-15-20)21-16-12-9-13-17-21/h8-17,22,24-26,29,38H,7,18-19H2,1-6H3/t22-,24-,25+,26+/m0/s1. The first-order valence-electron chi connectivity index (χ1n) is 14.7. The number of thioether (sulfide) groups is 1. The minimum Gasteiger partial charge on any atom is -0.405 e. The molecule has 1 aliphatic rings. The summed E-state index contributed by atoms with van der Waals surface area (Å²) in [5, 5.41) is 23.2. The van der Waals surface area contributed by atoms with Crippen LogP contribution in [0, 0.1) is 0 Å². The predicted molar refractivity (Wildman–Crippen MR) is 174 cm³/mol. The SMILES string of the molecule is CCCSc1nc(Cl)c2nnn([C@@H]3[C@@H](O)[C@H](C(OC)OC)O[C@H]3CO[Si](c3ccccc3)(c3ccccc3)C(C)(C)C)c2n1. The molecular formula is C31H40ClN5O5SSi. The maximum Gasteiger partial charge on any atom is 0.261 e. The molecule has 1 aliphatic heterocycles. The Labute approximate surface area is 268 Å². The topological polar surface area (TPSA) is 114 Å². The average Bonchev–Trinajstić information content (AvgIpc) is 3.58. The van der Waals surface area contributed by atoms with Crippen LogP contribution in [0.15, 0.2) is 65.8 Å². The van der Waals surface area contributed by atoms with Gasteiger partial charge < -0.3 is 23.7 Å². The molecule has 0 saturated carbocycles. The first-order chi connectivity index (χ1) is 21.2. The van der Waals surface area contributed by atoms with Crippen LogP contribution in [-0.2, 0) is 18.6 Å². The van der Waals surface area contributed by atoms with E-state index in [1.54, 1.807) is 4.68 Å². The van der Waals surface area contributed by atoms with Crippen LogP contribution in [0.3, 0.4) is 0 Å². The van der Waals surface area contributed by atoms with Crippen LogP contribution < -0.4 is 10.4 Å². The minimum absolute atomic E-state index is 0.156. The van der Waals surface area contributed by atoms with Gasteiger partial charge in [-0.1, -0.05) is 117 Å². The summed E-state index contributed by atoms with van der Waals surface area (Å²) in [6.07, 6.45) is -2.44. The smallest absolute Gasteiger partial charge is 0.261 e. The number of fused-ring (bicyclic) bond motifs is 1. The molecule has 2 aromatic carbocycles. The number of hydrogen-bond acceptors (Lipinski definition) is 10. The van der Waals surface area contributed by atoms with E-state index < -0.39 is 39.0 Å². The monoisotopic (exact) mass is 657 g/mol. The molecule has 2 aromatic heterocycles. The van der Waals surface area contributed by atoms with E-state index in [0.29, 0.717) is 16.3 Å². The van der Waals surface area contributed by atoms with Gasteiger partial charge in [-0.25, -0.2) is 14.6 Å². The van der Waals surface area contributed by atoms with Crippen LogP contribution in [0.5, 0.6) is 0 Å². The Bertz CT molecular complexity index is 1480. The Morgan fingerprint density at radius 3 is 2.18 bits per heavy atom. The number of halogens is 1. The Kier molecular flexibility index (Phi) is 10.4. The first-order valence-corrected chi connectivity index (χ1v) is 18.0. The maximum absolute atomic E-state index is 11.8. The number of methoxy groups -OCH3 is 2. The van der Waals surface area contributed by atoms with E-state index in [2.05, 4.69) is 67.3 Å². The highest BCUT2D eigenvalue weighted by Crippen LogP contribution is 2.40. The summed E-state index contributed by atoms with van der Waals surface area (Å²) in [5.41, 5.74) is 0.767. The van der Waals surface area contributed by atoms with Crippen molar-refractivity contribution in [1.29, 1.82) is 0 Å². The van der Waals surface area contributed by atoms with Gasteiger partial charge in [0.15, 0.2) is 27.8 Å². The van der Waals surface area contributed by atoms with Gasteiger partial charge in [-0.2, -0.15) is 0 Å². The Hall–Kier alpha value is -2.42. The van der Waals surface area contributed by atoms with Crippen LogP contribution in [-0.4, -0.2) is 89.6 Å². The molecule has 5 rings (SSSR count). The van der Waals surface area contributed by atoms with Crippen molar-refractivity contribution in [2.45, 2.75) is 75.0 Å². The summed E-state index contributed by atoms with van der Waals surface area (Å²) >= 11 is 8.03. The molecule has 0 amide bonds. The molecule has 0 aliphatic carbocycles. The maximum atomic E-state index is 11.8. The summed E-state index contributed by atoms with van der Waals surface area (Å²) in [7, 11) is 0.104. The number of ether oxygens (including phenoxy) is 3. The van der Waals surface area contributed by atoms with E-state index in [9.17, 15) is 5.11 Å². The molecule has 236 valence electrons. The van der Waals surface area contributed by atoms with Gasteiger partial charge in [-0.3, -0.25) is 0 Å².